The number of fused-ring (bicyclic) bond motifs is 1. The molecule has 0 fully saturated rings. The van der Waals surface area contributed by atoms with E-state index < -0.39 is 15.9 Å². The van der Waals surface area contributed by atoms with Crippen molar-refractivity contribution >= 4 is 32.1 Å². The molecule has 0 aromatic heterocycles. The standard InChI is InChI=1S/C10H12N2O3S/c1-3-15-9(13)8-6-12-5-7(2)4-11-10(12)16(8)14/h4-5H,3,6H2,1-2H3. The average Bonchev–Trinajstić information content (AvgIpc) is 2.56. The summed E-state index contributed by atoms with van der Waals surface area (Å²) in [6.07, 6.45) is 3.46. The van der Waals surface area contributed by atoms with E-state index in [1.165, 1.54) is 0 Å². The molecule has 0 amide bonds. The van der Waals surface area contributed by atoms with Crippen LogP contribution in [-0.4, -0.2) is 44.4 Å². The molecule has 5 nitrogen and oxygen atoms in total. The van der Waals surface area contributed by atoms with Crippen LogP contribution in [0.25, 0.3) is 0 Å². The van der Waals surface area contributed by atoms with Gasteiger partial charge < -0.3 is 9.64 Å². The molecule has 0 saturated heterocycles. The van der Waals surface area contributed by atoms with Crippen LogP contribution in [0.5, 0.6) is 0 Å². The lowest BCUT2D eigenvalue weighted by molar-refractivity contribution is -0.134. The summed E-state index contributed by atoms with van der Waals surface area (Å²) in [4.78, 5) is 17.6. The number of carbonyl (C=O) groups excluding carboxylic acids is 1. The van der Waals surface area contributed by atoms with Gasteiger partial charge in [0.2, 0.25) is 5.11 Å². The first-order valence-electron chi connectivity index (χ1n) is 4.94. The van der Waals surface area contributed by atoms with Crippen molar-refractivity contribution in [1.29, 1.82) is 0 Å². The molecule has 0 N–H and O–H groups in total. The topological polar surface area (TPSA) is 59.0 Å². The largest absolute Gasteiger partial charge is 0.462 e. The zero-order valence-corrected chi connectivity index (χ0v) is 9.91. The zero-order valence-electron chi connectivity index (χ0n) is 9.10. The average molecular weight is 240 g/mol. The van der Waals surface area contributed by atoms with E-state index >= 15 is 0 Å². The Hall–Kier alpha value is -1.56. The van der Waals surface area contributed by atoms with E-state index in [4.69, 9.17) is 4.74 Å². The third-order valence-electron chi connectivity index (χ3n) is 2.19. The van der Waals surface area contributed by atoms with Gasteiger partial charge in [0, 0.05) is 12.4 Å². The summed E-state index contributed by atoms with van der Waals surface area (Å²) >= 11 is 0. The number of carbonyl (C=O) groups is 1. The van der Waals surface area contributed by atoms with Gasteiger partial charge in [-0.25, -0.2) is 14.0 Å². The van der Waals surface area contributed by atoms with E-state index in [0.29, 0.717) is 11.7 Å². The molecule has 0 spiro atoms. The summed E-state index contributed by atoms with van der Waals surface area (Å²) in [6, 6.07) is 0. The van der Waals surface area contributed by atoms with Crippen molar-refractivity contribution in [3.05, 3.63) is 11.8 Å². The van der Waals surface area contributed by atoms with Gasteiger partial charge in [-0.1, -0.05) is 0 Å². The molecule has 86 valence electrons. The van der Waals surface area contributed by atoms with E-state index in [0.717, 1.165) is 5.57 Å². The third kappa shape index (κ3) is 1.76. The van der Waals surface area contributed by atoms with Crippen LogP contribution < -0.4 is 0 Å². The Morgan fingerprint density at radius 1 is 1.69 bits per heavy atom. The van der Waals surface area contributed by atoms with Gasteiger partial charge in [0.05, 0.1) is 23.1 Å². The predicted molar refractivity (Wildman–Crippen MR) is 63.7 cm³/mol. The maximum absolute atomic E-state index is 11.9. The molecular weight excluding hydrogens is 228 g/mol. The molecular formula is C10H12N2O3S. The summed E-state index contributed by atoms with van der Waals surface area (Å²) in [7, 11) is -1.48. The highest BCUT2D eigenvalue weighted by atomic mass is 32.1. The minimum atomic E-state index is -1.48. The van der Waals surface area contributed by atoms with Crippen LogP contribution >= 0.6 is 0 Å². The van der Waals surface area contributed by atoms with Gasteiger partial charge in [-0.05, 0) is 19.4 Å². The van der Waals surface area contributed by atoms with Gasteiger partial charge in [0.25, 0.3) is 0 Å². The fourth-order valence-electron chi connectivity index (χ4n) is 1.51. The van der Waals surface area contributed by atoms with Gasteiger partial charge >= 0.3 is 5.97 Å². The Morgan fingerprint density at radius 2 is 2.44 bits per heavy atom. The molecule has 2 heterocycles. The maximum atomic E-state index is 11.9. The smallest absolute Gasteiger partial charge is 0.348 e. The molecule has 2 aliphatic heterocycles. The number of aliphatic imine (C=N–C) groups is 1. The van der Waals surface area contributed by atoms with Crippen LogP contribution in [0.15, 0.2) is 16.8 Å². The molecule has 2 aliphatic rings. The Balaban J connectivity index is 2.37. The Kier molecular flexibility index (Phi) is 2.82. The number of hydrogen-bond acceptors (Lipinski definition) is 5. The molecule has 0 aliphatic carbocycles. The summed E-state index contributed by atoms with van der Waals surface area (Å²) < 4.78 is 16.8. The fraction of sp³-hybridized carbons (Fsp3) is 0.400. The number of esters is 1. The Morgan fingerprint density at radius 3 is 3.12 bits per heavy atom. The summed E-state index contributed by atoms with van der Waals surface area (Å²) in [6.45, 7) is 4.20. The van der Waals surface area contributed by atoms with Gasteiger partial charge in [-0.15, -0.1) is 0 Å². The molecule has 0 radical (unpaired) electrons. The number of allylic oxidation sites excluding steroid dienone is 1. The van der Waals surface area contributed by atoms with Crippen LogP contribution in [0.2, 0.25) is 0 Å². The van der Waals surface area contributed by atoms with Crippen molar-refractivity contribution in [2.45, 2.75) is 13.8 Å². The minimum Gasteiger partial charge on any atom is -0.462 e. The van der Waals surface area contributed by atoms with Crippen LogP contribution in [-0.2, 0) is 19.5 Å². The second-order valence-corrected chi connectivity index (χ2v) is 4.85. The zero-order chi connectivity index (χ0) is 11.7. The molecule has 2 rings (SSSR count). The molecule has 16 heavy (non-hydrogen) atoms. The lowest BCUT2D eigenvalue weighted by Crippen LogP contribution is -2.29. The SMILES string of the molecule is CCOC(=O)C1=S(=O)=C2N=CC(C)=CN2C1. The summed E-state index contributed by atoms with van der Waals surface area (Å²) in [5.74, 6) is -0.496. The number of nitrogens with zero attached hydrogens (tertiary/aromatic N) is 2. The summed E-state index contributed by atoms with van der Waals surface area (Å²) in [5.41, 5.74) is 0.964. The molecule has 6 heteroatoms. The van der Waals surface area contributed by atoms with Crippen LogP contribution in [0.4, 0.5) is 0 Å². The lowest BCUT2D eigenvalue weighted by Gasteiger charge is -2.17. The minimum absolute atomic E-state index is 0.264. The number of hydrogen-bond donors (Lipinski definition) is 0. The highest BCUT2D eigenvalue weighted by molar-refractivity contribution is 7.86. The van der Waals surface area contributed by atoms with Crippen molar-refractivity contribution in [2.75, 3.05) is 13.2 Å². The highest BCUT2D eigenvalue weighted by Crippen LogP contribution is 2.09. The van der Waals surface area contributed by atoms with E-state index in [9.17, 15) is 9.00 Å². The third-order valence-corrected chi connectivity index (χ3v) is 3.61. The van der Waals surface area contributed by atoms with Crippen molar-refractivity contribution < 1.29 is 13.7 Å². The van der Waals surface area contributed by atoms with E-state index in [2.05, 4.69) is 4.99 Å². The Labute approximate surface area is 95.0 Å². The molecule has 0 bridgehead atoms. The first kappa shape index (κ1) is 10.9. The van der Waals surface area contributed by atoms with E-state index in [1.807, 2.05) is 13.1 Å². The molecule has 0 aromatic rings. The second-order valence-electron chi connectivity index (χ2n) is 3.45. The number of rotatable bonds is 2. The molecule has 0 atom stereocenters. The van der Waals surface area contributed by atoms with Gasteiger partial charge in [0.1, 0.15) is 4.86 Å². The van der Waals surface area contributed by atoms with Crippen molar-refractivity contribution in [1.82, 2.24) is 4.90 Å². The van der Waals surface area contributed by atoms with Gasteiger partial charge in [-0.2, -0.15) is 0 Å². The number of ether oxygens (including phenoxy) is 1. The van der Waals surface area contributed by atoms with Crippen molar-refractivity contribution in [3.63, 3.8) is 0 Å². The highest BCUT2D eigenvalue weighted by Gasteiger charge is 2.27. The van der Waals surface area contributed by atoms with Gasteiger partial charge in [0.15, 0.2) is 0 Å². The van der Waals surface area contributed by atoms with Crippen molar-refractivity contribution in [3.8, 4) is 0 Å². The maximum Gasteiger partial charge on any atom is 0.348 e. The molecule has 0 saturated carbocycles. The Bertz CT molecular complexity index is 542. The lowest BCUT2D eigenvalue weighted by atomic mass is 10.3. The second kappa shape index (κ2) is 4.13. The van der Waals surface area contributed by atoms with E-state index in [-0.39, 0.29) is 11.5 Å². The van der Waals surface area contributed by atoms with Crippen LogP contribution in [0, 0.1) is 0 Å². The normalized spacial score (nSPS) is 18.8. The molecule has 0 unspecified atom stereocenters. The van der Waals surface area contributed by atoms with Crippen molar-refractivity contribution in [2.24, 2.45) is 4.99 Å². The monoisotopic (exact) mass is 240 g/mol. The van der Waals surface area contributed by atoms with Gasteiger partial charge in [-0.3, -0.25) is 0 Å². The molecule has 0 aromatic carbocycles. The first-order chi connectivity index (χ1) is 7.63. The van der Waals surface area contributed by atoms with Crippen LogP contribution in [0.1, 0.15) is 13.8 Å². The fourth-order valence-corrected chi connectivity index (χ4v) is 2.67. The quantitative estimate of drug-likeness (QED) is 0.498. The first-order valence-corrected chi connectivity index (χ1v) is 6.09. The summed E-state index contributed by atoms with van der Waals surface area (Å²) in [5, 5.41) is 0.411. The van der Waals surface area contributed by atoms with Crippen LogP contribution in [0.3, 0.4) is 0 Å². The predicted octanol–water partition coefficient (Wildman–Crippen LogP) is -0.138. The van der Waals surface area contributed by atoms with E-state index in [1.54, 1.807) is 18.0 Å².